The van der Waals surface area contributed by atoms with Crippen molar-refractivity contribution in [3.63, 3.8) is 0 Å². The van der Waals surface area contributed by atoms with Gasteiger partial charge in [-0.15, -0.1) is 0 Å². The molecule has 0 saturated carbocycles. The van der Waals surface area contributed by atoms with E-state index in [1.54, 1.807) is 12.1 Å². The largest absolute Gasteiger partial charge is 0.370 e. The lowest BCUT2D eigenvalue weighted by atomic mass is 10.1. The molecule has 1 aromatic heterocycles. The van der Waals surface area contributed by atoms with Gasteiger partial charge in [0.25, 0.3) is 0 Å². The molecule has 2 aromatic rings. The number of anilines is 2. The summed E-state index contributed by atoms with van der Waals surface area (Å²) < 4.78 is 13.7. The Balaban J connectivity index is 2.12. The lowest BCUT2D eigenvalue weighted by molar-refractivity contribution is 0.600. The highest BCUT2D eigenvalue weighted by molar-refractivity contribution is 5.46. The monoisotopic (exact) mass is 259 g/mol. The zero-order valence-corrected chi connectivity index (χ0v) is 11.2. The van der Waals surface area contributed by atoms with Crippen LogP contribution < -0.4 is 10.6 Å². The molecule has 0 aliphatic carbocycles. The molecule has 0 amide bonds. The van der Waals surface area contributed by atoms with Crippen LogP contribution in [0.5, 0.6) is 0 Å². The van der Waals surface area contributed by atoms with Gasteiger partial charge in [-0.25, -0.2) is 9.37 Å². The van der Waals surface area contributed by atoms with Gasteiger partial charge >= 0.3 is 0 Å². The number of nitrogens with zero attached hydrogens (tertiary/aromatic N) is 1. The third kappa shape index (κ3) is 3.44. The molecular formula is C15H18FN3. The molecule has 1 atom stereocenters. The van der Waals surface area contributed by atoms with Gasteiger partial charge in [-0.3, -0.25) is 0 Å². The smallest absolute Gasteiger partial charge is 0.128 e. The van der Waals surface area contributed by atoms with Crippen LogP contribution in [0.15, 0.2) is 42.5 Å². The molecule has 3 nitrogen and oxygen atoms in total. The number of hydrogen-bond donors (Lipinski definition) is 2. The van der Waals surface area contributed by atoms with Gasteiger partial charge < -0.3 is 10.6 Å². The van der Waals surface area contributed by atoms with E-state index in [0.29, 0.717) is 5.56 Å². The first-order valence-corrected chi connectivity index (χ1v) is 6.42. The maximum absolute atomic E-state index is 13.7. The van der Waals surface area contributed by atoms with Gasteiger partial charge in [0.1, 0.15) is 17.5 Å². The van der Waals surface area contributed by atoms with Crippen LogP contribution >= 0.6 is 0 Å². The summed E-state index contributed by atoms with van der Waals surface area (Å²) >= 11 is 0. The van der Waals surface area contributed by atoms with Crippen molar-refractivity contribution in [1.82, 2.24) is 4.98 Å². The summed E-state index contributed by atoms with van der Waals surface area (Å²) in [6.07, 6.45) is 0. The van der Waals surface area contributed by atoms with Gasteiger partial charge in [0, 0.05) is 12.1 Å². The Morgan fingerprint density at radius 2 is 1.84 bits per heavy atom. The number of aromatic nitrogens is 1. The summed E-state index contributed by atoms with van der Waals surface area (Å²) in [5.74, 6) is 1.34. The summed E-state index contributed by atoms with van der Waals surface area (Å²) in [6.45, 7) is 4.75. The van der Waals surface area contributed by atoms with E-state index in [4.69, 9.17) is 0 Å². The Bertz CT molecular complexity index is 542. The molecule has 0 aliphatic rings. The van der Waals surface area contributed by atoms with Crippen molar-refractivity contribution in [2.24, 2.45) is 0 Å². The zero-order chi connectivity index (χ0) is 13.7. The Hall–Kier alpha value is -2.10. The van der Waals surface area contributed by atoms with E-state index in [0.717, 1.165) is 18.2 Å². The van der Waals surface area contributed by atoms with Crippen LogP contribution in [-0.2, 0) is 0 Å². The molecule has 1 aromatic carbocycles. The molecule has 0 radical (unpaired) electrons. The molecule has 0 spiro atoms. The molecule has 1 heterocycles. The normalized spacial score (nSPS) is 11.9. The van der Waals surface area contributed by atoms with E-state index in [1.165, 1.54) is 6.07 Å². The molecule has 2 N–H and O–H groups in total. The van der Waals surface area contributed by atoms with Gasteiger partial charge in [0.05, 0.1) is 6.04 Å². The summed E-state index contributed by atoms with van der Waals surface area (Å²) in [6, 6.07) is 12.3. The first kappa shape index (κ1) is 13.3. The quantitative estimate of drug-likeness (QED) is 0.857. The molecule has 0 aliphatic heterocycles. The summed E-state index contributed by atoms with van der Waals surface area (Å²) in [5.41, 5.74) is 0.637. The third-order valence-electron chi connectivity index (χ3n) is 2.84. The molecule has 19 heavy (non-hydrogen) atoms. The first-order valence-electron chi connectivity index (χ1n) is 6.42. The molecule has 0 bridgehead atoms. The van der Waals surface area contributed by atoms with Gasteiger partial charge in [-0.1, -0.05) is 24.3 Å². The molecule has 100 valence electrons. The molecule has 1 unspecified atom stereocenters. The minimum absolute atomic E-state index is 0.134. The van der Waals surface area contributed by atoms with Gasteiger partial charge in [0.2, 0.25) is 0 Å². The van der Waals surface area contributed by atoms with E-state index >= 15 is 0 Å². The van der Waals surface area contributed by atoms with Crippen molar-refractivity contribution < 1.29 is 4.39 Å². The van der Waals surface area contributed by atoms with Crippen molar-refractivity contribution in [2.75, 3.05) is 17.2 Å². The van der Waals surface area contributed by atoms with Crippen LogP contribution in [0.25, 0.3) is 0 Å². The van der Waals surface area contributed by atoms with Gasteiger partial charge in [-0.2, -0.15) is 0 Å². The Morgan fingerprint density at radius 1 is 1.11 bits per heavy atom. The fraction of sp³-hybridized carbons (Fsp3) is 0.267. The molecular weight excluding hydrogens is 241 g/mol. The standard InChI is InChI=1S/C15H18FN3/c1-3-17-14-9-6-10-15(19-14)18-11(2)12-7-4-5-8-13(12)16/h4-11H,3H2,1-2H3,(H2,17,18,19). The molecule has 4 heteroatoms. The zero-order valence-electron chi connectivity index (χ0n) is 11.2. The maximum atomic E-state index is 13.7. The number of hydrogen-bond acceptors (Lipinski definition) is 3. The van der Waals surface area contributed by atoms with Crippen LogP contribution in [0.4, 0.5) is 16.0 Å². The number of rotatable bonds is 5. The number of halogens is 1. The van der Waals surface area contributed by atoms with E-state index in [2.05, 4.69) is 15.6 Å². The number of benzene rings is 1. The Morgan fingerprint density at radius 3 is 2.58 bits per heavy atom. The summed E-state index contributed by atoms with van der Waals surface area (Å²) in [4.78, 5) is 4.41. The maximum Gasteiger partial charge on any atom is 0.128 e. The highest BCUT2D eigenvalue weighted by Gasteiger charge is 2.10. The number of nitrogens with one attached hydrogen (secondary N) is 2. The fourth-order valence-electron chi connectivity index (χ4n) is 1.92. The topological polar surface area (TPSA) is 37.0 Å². The van der Waals surface area contributed by atoms with Crippen molar-refractivity contribution in [1.29, 1.82) is 0 Å². The molecule has 0 fully saturated rings. The van der Waals surface area contributed by atoms with E-state index in [-0.39, 0.29) is 11.9 Å². The van der Waals surface area contributed by atoms with Crippen molar-refractivity contribution in [2.45, 2.75) is 19.9 Å². The van der Waals surface area contributed by atoms with E-state index in [9.17, 15) is 4.39 Å². The minimum Gasteiger partial charge on any atom is -0.370 e. The van der Waals surface area contributed by atoms with Crippen LogP contribution in [-0.4, -0.2) is 11.5 Å². The van der Waals surface area contributed by atoms with Crippen molar-refractivity contribution in [3.8, 4) is 0 Å². The number of pyridine rings is 1. The highest BCUT2D eigenvalue weighted by Crippen LogP contribution is 2.21. The van der Waals surface area contributed by atoms with Gasteiger partial charge in [0.15, 0.2) is 0 Å². The Kier molecular flexibility index (Phi) is 4.34. The fourth-order valence-corrected chi connectivity index (χ4v) is 1.92. The van der Waals surface area contributed by atoms with Crippen LogP contribution in [0.2, 0.25) is 0 Å². The summed E-state index contributed by atoms with van der Waals surface area (Å²) in [7, 11) is 0. The lowest BCUT2D eigenvalue weighted by Gasteiger charge is -2.16. The van der Waals surface area contributed by atoms with E-state index in [1.807, 2.05) is 38.1 Å². The van der Waals surface area contributed by atoms with Crippen molar-refractivity contribution in [3.05, 3.63) is 53.8 Å². The second-order valence-electron chi connectivity index (χ2n) is 4.33. The minimum atomic E-state index is -0.203. The second kappa shape index (κ2) is 6.18. The average molecular weight is 259 g/mol. The van der Waals surface area contributed by atoms with Crippen LogP contribution in [0, 0.1) is 5.82 Å². The summed E-state index contributed by atoms with van der Waals surface area (Å²) in [5, 5.41) is 6.35. The lowest BCUT2D eigenvalue weighted by Crippen LogP contribution is -2.10. The molecule has 0 saturated heterocycles. The Labute approximate surface area is 112 Å². The van der Waals surface area contributed by atoms with E-state index < -0.39 is 0 Å². The van der Waals surface area contributed by atoms with Gasteiger partial charge in [-0.05, 0) is 32.0 Å². The first-order chi connectivity index (χ1) is 9.20. The third-order valence-corrected chi connectivity index (χ3v) is 2.84. The van der Waals surface area contributed by atoms with Crippen LogP contribution in [0.3, 0.4) is 0 Å². The highest BCUT2D eigenvalue weighted by atomic mass is 19.1. The van der Waals surface area contributed by atoms with Crippen LogP contribution in [0.1, 0.15) is 25.5 Å². The second-order valence-corrected chi connectivity index (χ2v) is 4.33. The molecule has 2 rings (SSSR count). The SMILES string of the molecule is CCNc1cccc(NC(C)c2ccccc2F)n1. The predicted molar refractivity (Wildman–Crippen MR) is 76.8 cm³/mol. The van der Waals surface area contributed by atoms with Crippen molar-refractivity contribution >= 4 is 11.6 Å². The predicted octanol–water partition coefficient (Wildman–Crippen LogP) is 3.83. The average Bonchev–Trinajstić information content (AvgIpc) is 2.40.